The molecule has 10 heteroatoms. The van der Waals surface area contributed by atoms with Crippen molar-refractivity contribution in [2.75, 3.05) is 26.7 Å². The van der Waals surface area contributed by atoms with Crippen molar-refractivity contribution in [1.29, 1.82) is 0 Å². The number of aromatic hydroxyl groups is 1. The van der Waals surface area contributed by atoms with Crippen LogP contribution >= 0.6 is 15.9 Å². The number of nitrogens with zero attached hydrogens (tertiary/aromatic N) is 3. The number of unbranched alkanes of at least 4 members (excludes halogenated alkanes) is 1. The molecule has 0 saturated carbocycles. The van der Waals surface area contributed by atoms with Crippen molar-refractivity contribution in [3.63, 3.8) is 0 Å². The van der Waals surface area contributed by atoms with Gasteiger partial charge in [-0.05, 0) is 53.6 Å². The number of amides is 1. The molecule has 192 valence electrons. The van der Waals surface area contributed by atoms with Crippen molar-refractivity contribution in [2.24, 2.45) is 10.7 Å². The highest BCUT2D eigenvalue weighted by Crippen LogP contribution is 2.27. The number of para-hydroxylation sites is 1. The number of aromatic amines is 1. The van der Waals surface area contributed by atoms with Gasteiger partial charge in [0.2, 0.25) is 0 Å². The second-order valence-electron chi connectivity index (χ2n) is 8.02. The number of likely N-dealkylation sites (N-methyl/N-ethyl adjacent to an activating group) is 1. The summed E-state index contributed by atoms with van der Waals surface area (Å²) in [5.74, 6) is 0.0854. The number of aliphatic imine (C=N–C) groups is 1. The number of aromatic nitrogens is 2. The normalized spacial score (nSPS) is 11.1. The third kappa shape index (κ3) is 9.27. The van der Waals surface area contributed by atoms with E-state index in [9.17, 15) is 14.7 Å². The number of rotatable bonds is 11. The Morgan fingerprint density at radius 2 is 1.89 bits per heavy atom. The van der Waals surface area contributed by atoms with Crippen molar-refractivity contribution in [1.82, 2.24) is 20.4 Å². The quantitative estimate of drug-likeness (QED) is 0.161. The van der Waals surface area contributed by atoms with Gasteiger partial charge in [0.1, 0.15) is 23.6 Å². The molecule has 0 saturated heterocycles. The maximum absolute atomic E-state index is 12.3. The number of halogens is 1. The van der Waals surface area contributed by atoms with E-state index >= 15 is 0 Å². The summed E-state index contributed by atoms with van der Waals surface area (Å²) >= 11 is 3.34. The molecule has 0 radical (unpaired) electrons. The van der Waals surface area contributed by atoms with Crippen molar-refractivity contribution < 1.29 is 14.7 Å². The SMILES string of the molecule is CCCCN(C)CCNC(=O)c1[nH]nc(N=C(N)c2ccccc2O)c1Br.O=CCc1ccccc1. The third-order valence-electron chi connectivity index (χ3n) is 5.16. The van der Waals surface area contributed by atoms with Gasteiger partial charge in [-0.25, -0.2) is 4.99 Å². The van der Waals surface area contributed by atoms with Crippen molar-refractivity contribution in [2.45, 2.75) is 26.2 Å². The zero-order chi connectivity index (χ0) is 26.3. The molecule has 5 N–H and O–H groups in total. The van der Waals surface area contributed by atoms with E-state index < -0.39 is 0 Å². The van der Waals surface area contributed by atoms with Crippen LogP contribution in [0.5, 0.6) is 5.75 Å². The highest BCUT2D eigenvalue weighted by Gasteiger charge is 2.17. The van der Waals surface area contributed by atoms with Gasteiger partial charge in [0.25, 0.3) is 5.91 Å². The molecule has 3 aromatic rings. The maximum Gasteiger partial charge on any atom is 0.270 e. The Morgan fingerprint density at radius 1 is 1.19 bits per heavy atom. The lowest BCUT2D eigenvalue weighted by Crippen LogP contribution is -2.33. The molecule has 1 heterocycles. The molecule has 0 aliphatic rings. The van der Waals surface area contributed by atoms with Crippen LogP contribution in [0.3, 0.4) is 0 Å². The summed E-state index contributed by atoms with van der Waals surface area (Å²) in [6, 6.07) is 16.3. The van der Waals surface area contributed by atoms with Gasteiger partial charge >= 0.3 is 0 Å². The number of aldehydes is 1. The number of H-pyrrole nitrogens is 1. The first-order valence-corrected chi connectivity index (χ1v) is 12.5. The highest BCUT2D eigenvalue weighted by molar-refractivity contribution is 9.10. The second-order valence-corrected chi connectivity index (χ2v) is 8.81. The lowest BCUT2D eigenvalue weighted by molar-refractivity contribution is -0.107. The van der Waals surface area contributed by atoms with Crippen LogP contribution in [0.15, 0.2) is 64.1 Å². The summed E-state index contributed by atoms with van der Waals surface area (Å²) in [5.41, 5.74) is 7.69. The molecule has 1 amide bonds. The third-order valence-corrected chi connectivity index (χ3v) is 5.91. The minimum absolute atomic E-state index is 0.0237. The van der Waals surface area contributed by atoms with Gasteiger partial charge in [-0.15, -0.1) is 0 Å². The largest absolute Gasteiger partial charge is 0.507 e. The Labute approximate surface area is 219 Å². The van der Waals surface area contributed by atoms with Crippen LogP contribution in [0.4, 0.5) is 5.82 Å². The van der Waals surface area contributed by atoms with Crippen molar-refractivity contribution in [3.05, 3.63) is 75.9 Å². The molecule has 0 unspecified atom stereocenters. The molecule has 9 nitrogen and oxygen atoms in total. The first kappa shape index (κ1) is 28.7. The summed E-state index contributed by atoms with van der Waals surface area (Å²) in [5, 5.41) is 19.4. The van der Waals surface area contributed by atoms with Crippen LogP contribution in [0, 0.1) is 0 Å². The number of nitrogens with two attached hydrogens (primary N) is 1. The second kappa shape index (κ2) is 15.5. The molecule has 0 aliphatic heterocycles. The fourth-order valence-electron chi connectivity index (χ4n) is 3.11. The number of nitrogens with one attached hydrogen (secondary N) is 2. The molecular weight excluding hydrogens is 524 g/mol. The number of carbonyl (C=O) groups excluding carboxylic acids is 2. The van der Waals surface area contributed by atoms with Gasteiger partial charge in [0.15, 0.2) is 5.82 Å². The maximum atomic E-state index is 12.3. The number of hydrogen-bond acceptors (Lipinski definition) is 6. The predicted molar refractivity (Wildman–Crippen MR) is 146 cm³/mol. The molecule has 1 aromatic heterocycles. The van der Waals surface area contributed by atoms with Gasteiger partial charge in [-0.1, -0.05) is 55.8 Å². The molecule has 0 spiro atoms. The van der Waals surface area contributed by atoms with E-state index in [1.807, 2.05) is 37.4 Å². The fraction of sp³-hybridized carbons (Fsp3) is 0.308. The Bertz CT molecular complexity index is 1130. The van der Waals surface area contributed by atoms with Gasteiger partial charge in [-0.2, -0.15) is 5.10 Å². The smallest absolute Gasteiger partial charge is 0.270 e. The number of phenols is 1. The van der Waals surface area contributed by atoms with E-state index in [0.717, 1.165) is 37.8 Å². The van der Waals surface area contributed by atoms with Crippen LogP contribution in [-0.4, -0.2) is 64.9 Å². The van der Waals surface area contributed by atoms with E-state index in [-0.39, 0.29) is 29.0 Å². The van der Waals surface area contributed by atoms with Crippen molar-refractivity contribution in [3.8, 4) is 5.75 Å². The molecule has 0 aliphatic carbocycles. The number of hydrogen-bond donors (Lipinski definition) is 4. The zero-order valence-electron chi connectivity index (χ0n) is 20.6. The van der Waals surface area contributed by atoms with Crippen LogP contribution in [0.2, 0.25) is 0 Å². The van der Waals surface area contributed by atoms with E-state index in [4.69, 9.17) is 5.73 Å². The molecule has 36 heavy (non-hydrogen) atoms. The topological polar surface area (TPSA) is 137 Å². The van der Waals surface area contributed by atoms with Gasteiger partial charge in [-0.3, -0.25) is 9.89 Å². The summed E-state index contributed by atoms with van der Waals surface area (Å²) in [4.78, 5) is 28.7. The van der Waals surface area contributed by atoms with Crippen molar-refractivity contribution >= 4 is 39.8 Å². The Balaban J connectivity index is 0.000000425. The number of phenolic OH excluding ortho intramolecular Hbond substituents is 1. The molecular formula is C26H33BrN6O3. The number of benzene rings is 2. The van der Waals surface area contributed by atoms with E-state index in [1.54, 1.807) is 18.2 Å². The van der Waals surface area contributed by atoms with Crippen LogP contribution in [0.1, 0.15) is 41.4 Å². The first-order chi connectivity index (χ1) is 17.4. The number of carbonyl (C=O) groups is 2. The standard InChI is InChI=1S/C18H25BrN6O2.C8H8O/c1-3-4-10-25(2)11-9-21-18(27)15-14(19)17(24-23-15)22-16(20)12-7-5-6-8-13(12)26;9-7-6-8-4-2-1-3-5-8/h5-8,26H,3-4,9-11H2,1-2H3,(H,21,27)(H3,20,22,23,24);1-5,7H,6H2. The summed E-state index contributed by atoms with van der Waals surface area (Å²) < 4.78 is 0.415. The lowest BCUT2D eigenvalue weighted by Gasteiger charge is -2.16. The molecule has 2 aromatic carbocycles. The summed E-state index contributed by atoms with van der Waals surface area (Å²) in [6.07, 6.45) is 3.72. The summed E-state index contributed by atoms with van der Waals surface area (Å²) in [7, 11) is 2.03. The average molecular weight is 557 g/mol. The Kier molecular flexibility index (Phi) is 12.4. The first-order valence-electron chi connectivity index (χ1n) is 11.7. The van der Waals surface area contributed by atoms with Gasteiger partial charge in [0.05, 0.1) is 10.0 Å². The van der Waals surface area contributed by atoms with Gasteiger partial charge in [0, 0.05) is 19.5 Å². The minimum atomic E-state index is -0.277. The average Bonchev–Trinajstić information content (AvgIpc) is 3.24. The molecule has 0 atom stereocenters. The Morgan fingerprint density at radius 3 is 2.56 bits per heavy atom. The molecule has 0 bridgehead atoms. The number of amidine groups is 1. The van der Waals surface area contributed by atoms with E-state index in [2.05, 4.69) is 48.3 Å². The molecule has 0 fully saturated rings. The van der Waals surface area contributed by atoms with Crippen LogP contribution in [-0.2, 0) is 11.2 Å². The molecule has 3 rings (SSSR count). The Hall–Kier alpha value is -3.50. The monoisotopic (exact) mass is 556 g/mol. The van der Waals surface area contributed by atoms with Crippen LogP contribution in [0.25, 0.3) is 0 Å². The summed E-state index contributed by atoms with van der Waals surface area (Å²) in [6.45, 7) is 4.45. The van der Waals surface area contributed by atoms with Gasteiger partial charge < -0.3 is 25.9 Å². The van der Waals surface area contributed by atoms with E-state index in [1.165, 1.54) is 6.07 Å². The predicted octanol–water partition coefficient (Wildman–Crippen LogP) is 3.80. The minimum Gasteiger partial charge on any atom is -0.507 e. The fourth-order valence-corrected chi connectivity index (χ4v) is 3.55. The zero-order valence-corrected chi connectivity index (χ0v) is 22.2. The van der Waals surface area contributed by atoms with E-state index in [0.29, 0.717) is 23.0 Å². The lowest BCUT2D eigenvalue weighted by atomic mass is 10.2. The van der Waals surface area contributed by atoms with Crippen LogP contribution < -0.4 is 11.1 Å². The highest BCUT2D eigenvalue weighted by atomic mass is 79.9.